The highest BCUT2D eigenvalue weighted by atomic mass is 35.5. The molecule has 3 aromatic rings. The minimum atomic E-state index is -1.55. The van der Waals surface area contributed by atoms with Crippen LogP contribution >= 0.6 is 46.4 Å². The Kier molecular flexibility index (Phi) is 4.63. The van der Waals surface area contributed by atoms with E-state index in [0.29, 0.717) is 11.1 Å². The lowest BCUT2D eigenvalue weighted by Crippen LogP contribution is -2.29. The number of ether oxygens (including phenoxy) is 1. The highest BCUT2D eigenvalue weighted by molar-refractivity contribution is 6.53. The van der Waals surface area contributed by atoms with Crippen LogP contribution in [0.5, 0.6) is 11.5 Å². The summed E-state index contributed by atoms with van der Waals surface area (Å²) >= 11 is 25.2. The first-order valence-corrected chi connectivity index (χ1v) is 9.47. The minimum Gasteiger partial charge on any atom is -0.508 e. The average Bonchev–Trinajstić information content (AvgIpc) is 2.99. The van der Waals surface area contributed by atoms with Gasteiger partial charge in [0.25, 0.3) is 0 Å². The van der Waals surface area contributed by atoms with Crippen LogP contribution in [0.2, 0.25) is 20.1 Å². The largest absolute Gasteiger partial charge is 0.508 e. The van der Waals surface area contributed by atoms with Crippen LogP contribution in [0.3, 0.4) is 0 Å². The molecular weight excluding hydrogens is 446 g/mol. The van der Waals surface area contributed by atoms with Gasteiger partial charge in [0.1, 0.15) is 11.5 Å². The van der Waals surface area contributed by atoms with Crippen molar-refractivity contribution in [3.05, 3.63) is 90.9 Å². The molecule has 3 aromatic carbocycles. The van der Waals surface area contributed by atoms with Crippen LogP contribution in [0.1, 0.15) is 27.0 Å². The van der Waals surface area contributed by atoms with Crippen molar-refractivity contribution in [2.24, 2.45) is 0 Å². The second-order valence-corrected chi connectivity index (χ2v) is 7.69. The van der Waals surface area contributed by atoms with Gasteiger partial charge in [-0.2, -0.15) is 0 Å². The number of phenolic OH excluding ortho intramolecular Hbond substituents is 2. The number of fused-ring (bicyclic) bond motifs is 1. The van der Waals surface area contributed by atoms with E-state index >= 15 is 0 Å². The lowest BCUT2D eigenvalue weighted by molar-refractivity contribution is 0.0251. The van der Waals surface area contributed by atoms with Crippen molar-refractivity contribution in [1.29, 1.82) is 0 Å². The molecule has 1 aliphatic rings. The van der Waals surface area contributed by atoms with E-state index in [4.69, 9.17) is 51.1 Å². The van der Waals surface area contributed by atoms with E-state index in [-0.39, 0.29) is 42.7 Å². The predicted octanol–water partition coefficient (Wildman–Crippen LogP) is 6.17. The molecule has 4 rings (SSSR count). The summed E-state index contributed by atoms with van der Waals surface area (Å²) in [5.41, 5.74) is -0.443. The zero-order valence-corrected chi connectivity index (χ0v) is 16.9. The van der Waals surface area contributed by atoms with Crippen LogP contribution in [0.15, 0.2) is 48.5 Å². The van der Waals surface area contributed by atoms with Gasteiger partial charge in [0.05, 0.1) is 25.7 Å². The molecule has 1 atom stereocenters. The summed E-state index contributed by atoms with van der Waals surface area (Å²) in [6, 6.07) is 12.2. The van der Waals surface area contributed by atoms with Gasteiger partial charge in [0, 0.05) is 16.7 Å². The Morgan fingerprint density at radius 2 is 1.39 bits per heavy atom. The molecule has 0 aromatic heterocycles. The third kappa shape index (κ3) is 2.64. The summed E-state index contributed by atoms with van der Waals surface area (Å²) in [7, 11) is 0. The van der Waals surface area contributed by atoms with E-state index < -0.39 is 11.6 Å². The van der Waals surface area contributed by atoms with E-state index in [0.717, 1.165) is 0 Å². The number of carbonyl (C=O) groups is 1. The lowest BCUT2D eigenvalue weighted by atomic mass is 9.79. The third-order valence-corrected chi connectivity index (χ3v) is 6.40. The minimum absolute atomic E-state index is 0.00233. The van der Waals surface area contributed by atoms with Gasteiger partial charge in [-0.3, -0.25) is 0 Å². The Morgan fingerprint density at radius 1 is 0.750 bits per heavy atom. The Morgan fingerprint density at radius 3 is 2.04 bits per heavy atom. The van der Waals surface area contributed by atoms with Crippen LogP contribution in [-0.4, -0.2) is 16.2 Å². The summed E-state index contributed by atoms with van der Waals surface area (Å²) < 4.78 is 5.84. The van der Waals surface area contributed by atoms with Gasteiger partial charge in [0.15, 0.2) is 5.60 Å². The average molecular weight is 456 g/mol. The monoisotopic (exact) mass is 454 g/mol. The molecule has 1 heterocycles. The first kappa shape index (κ1) is 19.2. The van der Waals surface area contributed by atoms with Crippen molar-refractivity contribution in [3.63, 3.8) is 0 Å². The van der Waals surface area contributed by atoms with E-state index in [1.807, 2.05) is 0 Å². The maximum atomic E-state index is 12.8. The molecule has 0 saturated carbocycles. The predicted molar refractivity (Wildman–Crippen MR) is 108 cm³/mol. The number of esters is 1. The second-order valence-electron chi connectivity index (χ2n) is 6.17. The molecule has 0 aliphatic carbocycles. The van der Waals surface area contributed by atoms with Gasteiger partial charge in [-0.15, -0.1) is 0 Å². The van der Waals surface area contributed by atoms with Gasteiger partial charge >= 0.3 is 5.97 Å². The molecule has 0 unspecified atom stereocenters. The Bertz CT molecular complexity index is 1130. The number of rotatable bonds is 2. The van der Waals surface area contributed by atoms with E-state index in [1.165, 1.54) is 24.3 Å². The number of benzene rings is 3. The SMILES string of the molecule is O=C1O[C@@](c2ccc(O)cc2)(c2cccc(O)c2)c2c(Cl)c(Cl)c(Cl)c(Cl)c21. The summed E-state index contributed by atoms with van der Waals surface area (Å²) in [6.07, 6.45) is 0. The van der Waals surface area contributed by atoms with Crippen LogP contribution < -0.4 is 0 Å². The second kappa shape index (κ2) is 6.75. The van der Waals surface area contributed by atoms with Gasteiger partial charge in [0.2, 0.25) is 0 Å². The smallest absolute Gasteiger partial charge is 0.341 e. The molecule has 2 N–H and O–H groups in total. The third-order valence-electron chi connectivity index (χ3n) is 4.60. The fourth-order valence-corrected chi connectivity index (χ4v) is 4.45. The summed E-state index contributed by atoms with van der Waals surface area (Å²) in [5, 5.41) is 19.6. The highest BCUT2D eigenvalue weighted by Gasteiger charge is 2.52. The van der Waals surface area contributed by atoms with E-state index in [2.05, 4.69) is 0 Å². The number of phenols is 2. The number of hydrogen-bond donors (Lipinski definition) is 2. The highest BCUT2D eigenvalue weighted by Crippen LogP contribution is 2.55. The zero-order valence-electron chi connectivity index (χ0n) is 13.8. The maximum absolute atomic E-state index is 12.8. The number of halogens is 4. The van der Waals surface area contributed by atoms with Crippen molar-refractivity contribution in [3.8, 4) is 11.5 Å². The number of carbonyl (C=O) groups excluding carboxylic acids is 1. The van der Waals surface area contributed by atoms with E-state index in [1.54, 1.807) is 24.3 Å². The quantitative estimate of drug-likeness (QED) is 0.275. The standard InChI is InChI=1S/C20H10Cl4O4/c21-15-13-14(16(22)18(24)17(15)23)20(28-19(13)27,9-4-6-11(25)7-5-9)10-2-1-3-12(26)8-10/h1-8,25-26H/t20-/m0/s1. The van der Waals surface area contributed by atoms with Crippen LogP contribution in [0, 0.1) is 0 Å². The van der Waals surface area contributed by atoms with Gasteiger partial charge in [-0.25, -0.2) is 4.79 Å². The van der Waals surface area contributed by atoms with Crippen molar-refractivity contribution >= 4 is 52.4 Å². The Balaban J connectivity index is 2.17. The molecule has 0 radical (unpaired) electrons. The Hall–Kier alpha value is -2.11. The van der Waals surface area contributed by atoms with E-state index in [9.17, 15) is 15.0 Å². The van der Waals surface area contributed by atoms with Gasteiger partial charge in [-0.1, -0.05) is 70.7 Å². The Labute approximate surface area is 179 Å². The normalized spacial score (nSPS) is 18.1. The molecule has 0 bridgehead atoms. The van der Waals surface area contributed by atoms with Crippen molar-refractivity contribution in [2.45, 2.75) is 5.60 Å². The topological polar surface area (TPSA) is 66.8 Å². The fraction of sp³-hybridized carbons (Fsp3) is 0.0500. The first-order valence-electron chi connectivity index (χ1n) is 7.96. The first-order chi connectivity index (χ1) is 13.3. The number of cyclic esters (lactones) is 1. The zero-order chi connectivity index (χ0) is 20.2. The summed E-state index contributed by atoms with van der Waals surface area (Å²) in [5.74, 6) is -0.753. The molecule has 28 heavy (non-hydrogen) atoms. The molecule has 1 aliphatic heterocycles. The number of hydrogen-bond acceptors (Lipinski definition) is 4. The van der Waals surface area contributed by atoms with Crippen molar-refractivity contribution < 1.29 is 19.7 Å². The van der Waals surface area contributed by atoms with Crippen molar-refractivity contribution in [1.82, 2.24) is 0 Å². The maximum Gasteiger partial charge on any atom is 0.341 e. The van der Waals surface area contributed by atoms with Gasteiger partial charge in [-0.05, 0) is 24.3 Å². The summed E-state index contributed by atoms with van der Waals surface area (Å²) in [6.45, 7) is 0. The fourth-order valence-electron chi connectivity index (χ4n) is 3.39. The van der Waals surface area contributed by atoms with Gasteiger partial charge < -0.3 is 14.9 Å². The lowest BCUT2D eigenvalue weighted by Gasteiger charge is -2.31. The van der Waals surface area contributed by atoms with Crippen LogP contribution in [0.25, 0.3) is 0 Å². The molecule has 0 fully saturated rings. The molecule has 142 valence electrons. The van der Waals surface area contributed by atoms with Crippen molar-refractivity contribution in [2.75, 3.05) is 0 Å². The number of aromatic hydroxyl groups is 2. The molecule has 0 saturated heterocycles. The van der Waals surface area contributed by atoms with Crippen LogP contribution in [-0.2, 0) is 10.3 Å². The molecule has 4 nitrogen and oxygen atoms in total. The van der Waals surface area contributed by atoms with Crippen LogP contribution in [0.4, 0.5) is 0 Å². The molecular formula is C20H10Cl4O4. The summed E-state index contributed by atoms with van der Waals surface area (Å²) in [4.78, 5) is 12.8. The molecule has 8 heteroatoms. The molecule has 0 spiro atoms. The molecule has 0 amide bonds.